The van der Waals surface area contributed by atoms with E-state index < -0.39 is 0 Å². The Morgan fingerprint density at radius 1 is 1.00 bits per heavy atom. The maximum absolute atomic E-state index is 0. The van der Waals surface area contributed by atoms with E-state index in [1.807, 2.05) is 0 Å². The fraction of sp³-hybridized carbons (Fsp3) is 0. The molecule has 4 heavy (non-hydrogen) atoms. The van der Waals surface area contributed by atoms with E-state index in [-0.39, 0.29) is 102 Å². The van der Waals surface area contributed by atoms with Crippen molar-refractivity contribution in [1.29, 1.82) is 0 Å². The summed E-state index contributed by atoms with van der Waals surface area (Å²) in [6, 6.07) is 0. The van der Waals surface area contributed by atoms with Gasteiger partial charge in [0, 0.05) is 27.7 Å². The molecule has 0 amide bonds. The fourth-order valence-electron chi connectivity index (χ4n) is 0. The number of rotatable bonds is 0. The summed E-state index contributed by atoms with van der Waals surface area (Å²) >= 11 is 0. The van der Waals surface area contributed by atoms with Crippen LogP contribution in [0.1, 0.15) is 0 Å². The predicted octanol–water partition coefficient (Wildman–Crippen LogP) is -3.82. The van der Waals surface area contributed by atoms with Crippen molar-refractivity contribution in [1.82, 2.24) is 0 Å². The molecule has 0 bridgehead atoms. The van der Waals surface area contributed by atoms with Gasteiger partial charge in [-0.3, -0.25) is 0 Å². The van der Waals surface area contributed by atoms with Crippen molar-refractivity contribution in [3.05, 3.63) is 0 Å². The third-order valence-corrected chi connectivity index (χ3v) is 0. The summed E-state index contributed by atoms with van der Waals surface area (Å²) in [7, 11) is 0. The van der Waals surface area contributed by atoms with Crippen molar-refractivity contribution in [3.63, 3.8) is 0 Å². The van der Waals surface area contributed by atoms with Gasteiger partial charge in [0.05, 0.1) is 0 Å². The second-order valence-electron chi connectivity index (χ2n) is 0. The van der Waals surface area contributed by atoms with E-state index in [9.17, 15) is 0 Å². The molecule has 0 aliphatic heterocycles. The molecular formula is H10HgMgPbSn. The molecule has 0 aromatic heterocycles. The van der Waals surface area contributed by atoms with Crippen molar-refractivity contribution < 1.29 is 27.7 Å². The molecule has 0 aliphatic rings. The van der Waals surface area contributed by atoms with E-state index in [2.05, 4.69) is 0 Å². The molecule has 0 aliphatic carbocycles. The van der Waals surface area contributed by atoms with Gasteiger partial charge < -0.3 is 0 Å². The van der Waals surface area contributed by atoms with Crippen LogP contribution < -0.4 is 0 Å². The molecule has 0 N–H and O–H groups in total. The molecule has 0 rings (SSSR count). The molecule has 22 valence electrons. The Balaban J connectivity index is 0. The van der Waals surface area contributed by atoms with Crippen LogP contribution in [0.4, 0.5) is 0 Å². The van der Waals surface area contributed by atoms with Crippen LogP contribution in [-0.2, 0) is 27.7 Å². The minimum absolute atomic E-state index is 0. The molecule has 0 unspecified atom stereocenters. The van der Waals surface area contributed by atoms with Gasteiger partial charge in [0.15, 0.2) is 0 Å². The summed E-state index contributed by atoms with van der Waals surface area (Å²) in [6.07, 6.45) is 0. The Morgan fingerprint density at radius 3 is 1.00 bits per heavy atom. The Morgan fingerprint density at radius 2 is 1.00 bits per heavy atom. The van der Waals surface area contributed by atoms with Gasteiger partial charge in [0.25, 0.3) is 0 Å². The number of hydrogen-bond acceptors (Lipinski definition) is 0. The first-order valence-corrected chi connectivity index (χ1v) is 0. The van der Waals surface area contributed by atoms with E-state index >= 15 is 0 Å². The van der Waals surface area contributed by atoms with Crippen LogP contribution >= 0.6 is 0 Å². The van der Waals surface area contributed by atoms with Gasteiger partial charge in [-0.1, -0.05) is 0 Å². The fourth-order valence-corrected chi connectivity index (χ4v) is 0. The quantitative estimate of drug-likeness (QED) is 0.267. The summed E-state index contributed by atoms with van der Waals surface area (Å²) in [4.78, 5) is 0. The molecule has 0 fully saturated rings. The van der Waals surface area contributed by atoms with Crippen LogP contribution in [0.25, 0.3) is 0 Å². The molecule has 0 saturated heterocycles. The van der Waals surface area contributed by atoms with Gasteiger partial charge >= 0.3 is 74.3 Å². The van der Waals surface area contributed by atoms with Crippen molar-refractivity contribution in [2.45, 2.75) is 0 Å². The van der Waals surface area contributed by atoms with Gasteiger partial charge in [0.2, 0.25) is 0 Å². The molecule has 0 radical (unpaired) electrons. The van der Waals surface area contributed by atoms with Gasteiger partial charge in [0.1, 0.15) is 0 Å². The molecule has 0 spiro atoms. The van der Waals surface area contributed by atoms with E-state index in [0.717, 1.165) is 0 Å². The molecule has 0 nitrogen and oxygen atoms in total. The molecule has 4 heteroatoms. The first-order chi connectivity index (χ1) is 0. The van der Waals surface area contributed by atoms with Crippen molar-refractivity contribution in [2.75, 3.05) is 0 Å². The molecule has 0 heterocycles. The zero-order chi connectivity index (χ0) is 0. The molecule has 0 atom stereocenters. The summed E-state index contributed by atoms with van der Waals surface area (Å²) in [6.45, 7) is 0. The van der Waals surface area contributed by atoms with Crippen molar-refractivity contribution >= 4 is 74.3 Å². The van der Waals surface area contributed by atoms with Crippen molar-refractivity contribution in [2.24, 2.45) is 0 Å². The Hall–Kier alpha value is 3.42. The SMILES string of the molecule is [Hg].[MgH2].[PbH4].[SnH4]. The van der Waals surface area contributed by atoms with Gasteiger partial charge in [-0.05, 0) is 0 Å². The molecular weight excluding hydrogens is 551 g/mol. The van der Waals surface area contributed by atoms with Crippen LogP contribution in [0.3, 0.4) is 0 Å². The maximum atomic E-state index is 0. The van der Waals surface area contributed by atoms with E-state index in [4.69, 9.17) is 0 Å². The van der Waals surface area contributed by atoms with Crippen molar-refractivity contribution in [3.8, 4) is 0 Å². The summed E-state index contributed by atoms with van der Waals surface area (Å²) < 4.78 is 0. The zero-order valence-electron chi connectivity index (χ0n) is 0.707. The van der Waals surface area contributed by atoms with Crippen LogP contribution in [0.15, 0.2) is 0 Å². The standard InChI is InChI=1S/Hg.Mg.Pb.Sn.10H. The average molecular weight is 561 g/mol. The average Bonchev–Trinajstić information content (AvgIpc) is 0. The third kappa shape index (κ3) is 9.05. The summed E-state index contributed by atoms with van der Waals surface area (Å²) in [5.74, 6) is 0. The minimum atomic E-state index is 0. The first kappa shape index (κ1) is 26.1. The van der Waals surface area contributed by atoms with Crippen LogP contribution in [0, 0.1) is 0 Å². The Labute approximate surface area is 99.6 Å². The van der Waals surface area contributed by atoms with E-state index in [0.29, 0.717) is 0 Å². The normalized spacial score (nSPS) is 0. The summed E-state index contributed by atoms with van der Waals surface area (Å²) in [5, 5.41) is 0. The number of hydrogen-bond donors (Lipinski definition) is 0. The molecule has 0 aromatic carbocycles. The Kier molecular flexibility index (Phi) is 105. The molecule has 0 saturated carbocycles. The second kappa shape index (κ2) is 16.1. The van der Waals surface area contributed by atoms with E-state index in [1.165, 1.54) is 0 Å². The van der Waals surface area contributed by atoms with Gasteiger partial charge in [-0.2, -0.15) is 0 Å². The second-order valence-corrected chi connectivity index (χ2v) is 0. The topological polar surface area (TPSA) is 0 Å². The third-order valence-electron chi connectivity index (χ3n) is 0. The molecule has 0 aromatic rings. The van der Waals surface area contributed by atoms with Crippen LogP contribution in [0.5, 0.6) is 0 Å². The first-order valence-electron chi connectivity index (χ1n) is 0. The Bertz CT molecular complexity index is 8.00. The zero-order valence-corrected chi connectivity index (χ0v) is 6.20. The summed E-state index contributed by atoms with van der Waals surface area (Å²) in [5.41, 5.74) is 0. The van der Waals surface area contributed by atoms with E-state index in [1.54, 1.807) is 0 Å². The van der Waals surface area contributed by atoms with Crippen LogP contribution in [-0.4, -0.2) is 74.3 Å². The van der Waals surface area contributed by atoms with Crippen LogP contribution in [0.2, 0.25) is 0 Å². The monoisotopic (exact) mass is 564 g/mol. The predicted molar refractivity (Wildman–Crippen MR) is 31.2 cm³/mol. The van der Waals surface area contributed by atoms with Gasteiger partial charge in [-0.15, -0.1) is 0 Å². The van der Waals surface area contributed by atoms with Gasteiger partial charge in [-0.25, -0.2) is 0 Å².